The third-order valence-electron chi connectivity index (χ3n) is 2.77. The fraction of sp³-hybridized carbons (Fsp3) is 1.00. The monoisotopic (exact) mass is 312 g/mol. The van der Waals surface area contributed by atoms with Gasteiger partial charge in [-0.3, -0.25) is 0 Å². The van der Waals surface area contributed by atoms with Crippen LogP contribution in [-0.4, -0.2) is 61.4 Å². The molecule has 0 heterocycles. The van der Waals surface area contributed by atoms with Crippen LogP contribution in [0.2, 0.25) is 0 Å². The predicted octanol–water partition coefficient (Wildman–Crippen LogP) is 1.45. The van der Waals surface area contributed by atoms with Crippen LogP contribution in [-0.2, 0) is 0 Å². The van der Waals surface area contributed by atoms with E-state index in [1.165, 1.54) is 0 Å². The molecule has 0 saturated carbocycles. The Bertz CT molecular complexity index is 197. The van der Waals surface area contributed by atoms with Gasteiger partial charge in [0.1, 0.15) is 18.3 Å². The van der Waals surface area contributed by atoms with Gasteiger partial charge >= 0.3 is 0 Å². The molecule has 0 aliphatic heterocycles. The molecule has 0 unspecified atom stereocenters. The lowest BCUT2D eigenvalue weighted by molar-refractivity contribution is -0.0706. The molecule has 4 nitrogen and oxygen atoms in total. The molecular weight excluding hydrogens is 284 g/mol. The molecule has 0 rings (SSSR count). The van der Waals surface area contributed by atoms with Gasteiger partial charge in [0, 0.05) is 0 Å². The summed E-state index contributed by atoms with van der Waals surface area (Å²) >= 11 is 3.24. The van der Waals surface area contributed by atoms with Crippen LogP contribution >= 0.6 is 23.5 Å². The highest BCUT2D eigenvalue weighted by molar-refractivity contribution is 8.17. The van der Waals surface area contributed by atoms with Crippen molar-refractivity contribution >= 4 is 23.5 Å². The van der Waals surface area contributed by atoms with E-state index in [1.54, 1.807) is 23.5 Å². The predicted molar refractivity (Wildman–Crippen MR) is 83.6 cm³/mol. The molecule has 4 N–H and O–H groups in total. The SMILES string of the molecule is CCCCSC(SCCCC)[C@@H](O)[C@H](O)[C@@H](O)CO. The largest absolute Gasteiger partial charge is 0.394 e. The van der Waals surface area contributed by atoms with Crippen LogP contribution in [0.3, 0.4) is 0 Å². The molecule has 3 atom stereocenters. The molecule has 6 heteroatoms. The average molecular weight is 312 g/mol. The van der Waals surface area contributed by atoms with Crippen LogP contribution in [0.1, 0.15) is 39.5 Å². The minimum atomic E-state index is -1.29. The molecule has 0 aromatic heterocycles. The van der Waals surface area contributed by atoms with Crippen LogP contribution in [0.5, 0.6) is 0 Å². The Morgan fingerprint density at radius 1 is 0.842 bits per heavy atom. The highest BCUT2D eigenvalue weighted by Gasteiger charge is 2.31. The van der Waals surface area contributed by atoms with Gasteiger partial charge in [-0.25, -0.2) is 0 Å². The molecule has 116 valence electrons. The van der Waals surface area contributed by atoms with Crippen molar-refractivity contribution in [1.29, 1.82) is 0 Å². The summed E-state index contributed by atoms with van der Waals surface area (Å²) in [4.78, 5) is 0. The number of unbranched alkanes of at least 4 members (excludes halogenated alkanes) is 2. The standard InChI is InChI=1S/C13H28O4S2/c1-3-5-7-18-13(19-8-6-4-2)12(17)11(16)10(15)9-14/h10-17H,3-9H2,1-2H3/t10-,11+,12-/m0/s1. The van der Waals surface area contributed by atoms with Crippen molar-refractivity contribution in [1.82, 2.24) is 0 Å². The fourth-order valence-electron chi connectivity index (χ4n) is 1.43. The third kappa shape index (κ3) is 8.42. The normalized spacial score (nSPS) is 16.6. The quantitative estimate of drug-likeness (QED) is 0.323. The van der Waals surface area contributed by atoms with Crippen molar-refractivity contribution in [3.05, 3.63) is 0 Å². The first kappa shape index (κ1) is 19.5. The zero-order valence-corrected chi connectivity index (χ0v) is 13.5. The summed E-state index contributed by atoms with van der Waals surface area (Å²) in [5.41, 5.74) is 0. The Morgan fingerprint density at radius 3 is 1.68 bits per heavy atom. The first-order valence-electron chi connectivity index (χ1n) is 6.96. The lowest BCUT2D eigenvalue weighted by Gasteiger charge is -2.28. The molecule has 0 saturated heterocycles. The second-order valence-corrected chi connectivity index (χ2v) is 7.35. The van der Waals surface area contributed by atoms with Crippen LogP contribution < -0.4 is 0 Å². The Labute approximate surface area is 125 Å². The van der Waals surface area contributed by atoms with Crippen LogP contribution in [0, 0.1) is 0 Å². The first-order valence-corrected chi connectivity index (χ1v) is 9.06. The number of aliphatic hydroxyl groups excluding tert-OH is 4. The van der Waals surface area contributed by atoms with Crippen molar-refractivity contribution in [2.24, 2.45) is 0 Å². The van der Waals surface area contributed by atoms with Crippen LogP contribution in [0.25, 0.3) is 0 Å². The summed E-state index contributed by atoms with van der Waals surface area (Å²) in [6, 6.07) is 0. The highest BCUT2D eigenvalue weighted by Crippen LogP contribution is 2.30. The van der Waals surface area contributed by atoms with Gasteiger partial charge in [-0.05, 0) is 24.3 Å². The van der Waals surface area contributed by atoms with E-state index >= 15 is 0 Å². The maximum absolute atomic E-state index is 10.1. The molecule has 0 radical (unpaired) electrons. The van der Waals surface area contributed by atoms with E-state index in [0.29, 0.717) is 0 Å². The molecule has 0 spiro atoms. The second kappa shape index (κ2) is 12.3. The summed E-state index contributed by atoms with van der Waals surface area (Å²) in [6.07, 6.45) is 0.733. The molecule has 0 amide bonds. The van der Waals surface area contributed by atoms with Gasteiger partial charge < -0.3 is 20.4 Å². The minimum Gasteiger partial charge on any atom is -0.394 e. The van der Waals surface area contributed by atoms with Crippen molar-refractivity contribution in [3.8, 4) is 0 Å². The van der Waals surface area contributed by atoms with Gasteiger partial charge in [-0.1, -0.05) is 26.7 Å². The van der Waals surface area contributed by atoms with Gasteiger partial charge in [0.15, 0.2) is 0 Å². The number of aliphatic hydroxyl groups is 4. The topological polar surface area (TPSA) is 80.9 Å². The van der Waals surface area contributed by atoms with E-state index in [0.717, 1.165) is 37.2 Å². The van der Waals surface area contributed by atoms with Crippen LogP contribution in [0.15, 0.2) is 0 Å². The fourth-order valence-corrected chi connectivity index (χ4v) is 4.48. The summed E-state index contributed by atoms with van der Waals surface area (Å²) < 4.78 is -0.158. The summed E-state index contributed by atoms with van der Waals surface area (Å²) in [5, 5.41) is 38.1. The van der Waals surface area contributed by atoms with Crippen molar-refractivity contribution in [3.63, 3.8) is 0 Å². The minimum absolute atomic E-state index is 0.158. The molecule has 0 aliphatic rings. The van der Waals surface area contributed by atoms with Crippen molar-refractivity contribution < 1.29 is 20.4 Å². The van der Waals surface area contributed by atoms with Crippen molar-refractivity contribution in [2.75, 3.05) is 18.1 Å². The van der Waals surface area contributed by atoms with Crippen LogP contribution in [0.4, 0.5) is 0 Å². The van der Waals surface area contributed by atoms with E-state index in [9.17, 15) is 15.3 Å². The smallest absolute Gasteiger partial charge is 0.110 e. The van der Waals surface area contributed by atoms with E-state index in [1.807, 2.05) is 0 Å². The zero-order valence-electron chi connectivity index (χ0n) is 11.9. The maximum atomic E-state index is 10.1. The average Bonchev–Trinajstić information content (AvgIpc) is 2.43. The number of thioether (sulfide) groups is 2. The Kier molecular flexibility index (Phi) is 12.6. The molecule has 0 fully saturated rings. The third-order valence-corrected chi connectivity index (χ3v) is 5.85. The molecule has 0 aromatic rings. The molecule has 0 aromatic carbocycles. The van der Waals surface area contributed by atoms with Gasteiger partial charge in [0.05, 0.1) is 11.2 Å². The van der Waals surface area contributed by atoms with E-state index < -0.39 is 24.9 Å². The van der Waals surface area contributed by atoms with E-state index in [4.69, 9.17) is 5.11 Å². The first-order chi connectivity index (χ1) is 9.08. The lowest BCUT2D eigenvalue weighted by atomic mass is 10.1. The second-order valence-electron chi connectivity index (χ2n) is 4.55. The molecular formula is C13H28O4S2. The summed E-state index contributed by atoms with van der Waals surface area (Å²) in [6.45, 7) is 3.69. The maximum Gasteiger partial charge on any atom is 0.110 e. The number of hydrogen-bond acceptors (Lipinski definition) is 6. The molecule has 0 aliphatic carbocycles. The Balaban J connectivity index is 4.33. The van der Waals surface area contributed by atoms with Gasteiger partial charge in [-0.15, -0.1) is 23.5 Å². The zero-order chi connectivity index (χ0) is 14.7. The number of rotatable bonds is 12. The Hall–Kier alpha value is 0.540. The van der Waals surface area contributed by atoms with Gasteiger partial charge in [0.2, 0.25) is 0 Å². The number of hydrogen-bond donors (Lipinski definition) is 4. The highest BCUT2D eigenvalue weighted by atomic mass is 32.2. The van der Waals surface area contributed by atoms with Gasteiger partial charge in [0.25, 0.3) is 0 Å². The summed E-state index contributed by atoms with van der Waals surface area (Å²) in [7, 11) is 0. The summed E-state index contributed by atoms with van der Waals surface area (Å²) in [5.74, 6) is 1.86. The molecule has 0 bridgehead atoms. The van der Waals surface area contributed by atoms with Crippen molar-refractivity contribution in [2.45, 2.75) is 62.4 Å². The van der Waals surface area contributed by atoms with E-state index in [2.05, 4.69) is 13.8 Å². The lowest BCUT2D eigenvalue weighted by Crippen LogP contribution is -2.44. The molecule has 19 heavy (non-hydrogen) atoms. The van der Waals surface area contributed by atoms with E-state index in [-0.39, 0.29) is 4.58 Å². The Morgan fingerprint density at radius 2 is 1.32 bits per heavy atom. The van der Waals surface area contributed by atoms with Gasteiger partial charge in [-0.2, -0.15) is 0 Å².